The predicted molar refractivity (Wildman–Crippen MR) is 156 cm³/mol. The summed E-state index contributed by atoms with van der Waals surface area (Å²) >= 11 is 0. The van der Waals surface area contributed by atoms with E-state index in [2.05, 4.69) is 130 Å². The van der Waals surface area contributed by atoms with E-state index in [1.54, 1.807) is 0 Å². The minimum absolute atomic E-state index is 0.532. The van der Waals surface area contributed by atoms with Crippen LogP contribution in [0.3, 0.4) is 0 Å². The Morgan fingerprint density at radius 1 is 0.289 bits per heavy atom. The van der Waals surface area contributed by atoms with Gasteiger partial charge < -0.3 is 0 Å². The lowest BCUT2D eigenvalue weighted by Crippen LogP contribution is -2.00. The second-order valence-corrected chi connectivity index (χ2v) is 9.99. The Balaban J connectivity index is 1.23. The molecule has 0 N–H and O–H groups in total. The smallest absolute Gasteiger partial charge is 0.126 e. The molecule has 0 aliphatic rings. The molecule has 0 aliphatic heterocycles. The van der Waals surface area contributed by atoms with Gasteiger partial charge in [0.05, 0.1) is 0 Å². The molecular weight excluding hydrogens is 464 g/mol. The van der Waals surface area contributed by atoms with Crippen molar-refractivity contribution in [1.82, 2.24) is 20.4 Å². The van der Waals surface area contributed by atoms with Crippen LogP contribution < -0.4 is 0 Å². The molecule has 1 heterocycles. The largest absolute Gasteiger partial charge is 0.204 e. The Morgan fingerprint density at radius 3 is 1.00 bits per heavy atom. The van der Waals surface area contributed by atoms with Crippen LogP contribution in [0.15, 0.2) is 109 Å². The van der Waals surface area contributed by atoms with Gasteiger partial charge in [-0.3, -0.25) is 0 Å². The van der Waals surface area contributed by atoms with E-state index in [1.165, 1.54) is 53.9 Å². The van der Waals surface area contributed by atoms with Crippen molar-refractivity contribution in [3.8, 4) is 22.8 Å². The summed E-state index contributed by atoms with van der Waals surface area (Å²) in [5.74, 6) is 1.06. The van der Waals surface area contributed by atoms with Gasteiger partial charge in [-0.15, -0.1) is 20.4 Å². The van der Waals surface area contributed by atoms with Crippen molar-refractivity contribution in [3.05, 3.63) is 109 Å². The third-order valence-corrected chi connectivity index (χ3v) is 8.02. The highest BCUT2D eigenvalue weighted by atomic mass is 15.3. The molecule has 1 aromatic heterocycles. The molecule has 0 atom stereocenters. The second kappa shape index (κ2) is 7.17. The molecular formula is C34H18N4. The van der Waals surface area contributed by atoms with E-state index in [4.69, 9.17) is 0 Å². The van der Waals surface area contributed by atoms with Gasteiger partial charge in [-0.25, -0.2) is 0 Å². The molecule has 0 saturated heterocycles. The summed E-state index contributed by atoms with van der Waals surface area (Å²) in [7, 11) is 0. The third kappa shape index (κ3) is 2.58. The molecule has 0 saturated carbocycles. The van der Waals surface area contributed by atoms with Gasteiger partial charge in [-0.2, -0.15) is 0 Å². The summed E-state index contributed by atoms with van der Waals surface area (Å²) in [5.41, 5.74) is 1.88. The van der Waals surface area contributed by atoms with Crippen LogP contribution in [0.5, 0.6) is 0 Å². The monoisotopic (exact) mass is 482 g/mol. The summed E-state index contributed by atoms with van der Waals surface area (Å²) in [6.45, 7) is 0. The minimum Gasteiger partial charge on any atom is -0.126 e. The number of hydrogen-bond acceptors (Lipinski definition) is 4. The number of aromatic nitrogens is 4. The van der Waals surface area contributed by atoms with Gasteiger partial charge in [0, 0.05) is 11.1 Å². The van der Waals surface area contributed by atoms with Gasteiger partial charge in [-0.05, 0) is 76.8 Å². The maximum atomic E-state index is 4.59. The summed E-state index contributed by atoms with van der Waals surface area (Å²) in [6.07, 6.45) is 0. The van der Waals surface area contributed by atoms with Gasteiger partial charge in [-0.1, -0.05) is 97.1 Å². The maximum absolute atomic E-state index is 4.59. The van der Waals surface area contributed by atoms with E-state index >= 15 is 0 Å². The van der Waals surface area contributed by atoms with E-state index in [0.29, 0.717) is 11.6 Å². The van der Waals surface area contributed by atoms with Gasteiger partial charge in [0.25, 0.3) is 0 Å². The van der Waals surface area contributed by atoms with E-state index in [1.807, 2.05) is 0 Å². The first kappa shape index (κ1) is 19.9. The molecule has 0 bridgehead atoms. The average molecular weight is 483 g/mol. The fraction of sp³-hybridized carbons (Fsp3) is 0. The first-order valence-corrected chi connectivity index (χ1v) is 12.7. The van der Waals surface area contributed by atoms with Crippen molar-refractivity contribution in [2.75, 3.05) is 0 Å². The summed E-state index contributed by atoms with van der Waals surface area (Å²) in [5, 5.41) is 33.0. The van der Waals surface area contributed by atoms with Gasteiger partial charge in [0.1, 0.15) is 0 Å². The average Bonchev–Trinajstić information content (AvgIpc) is 2.99. The SMILES string of the molecule is c1cc2ccc3ccc(-c4nnc(-c5ccc6ccc7cccc8ccc5c6c78)nn4)c4ccc(c1)c2c34. The molecule has 0 radical (unpaired) electrons. The van der Waals surface area contributed by atoms with Crippen LogP contribution in [0.2, 0.25) is 0 Å². The van der Waals surface area contributed by atoms with Crippen molar-refractivity contribution < 1.29 is 0 Å². The molecule has 9 aromatic rings. The highest BCUT2D eigenvalue weighted by Crippen LogP contribution is 2.40. The normalized spacial score (nSPS) is 12.2. The van der Waals surface area contributed by atoms with Crippen molar-refractivity contribution in [2.45, 2.75) is 0 Å². The molecule has 9 rings (SSSR count). The lowest BCUT2D eigenvalue weighted by molar-refractivity contribution is 0.878. The Hall–Kier alpha value is -5.22. The van der Waals surface area contributed by atoms with Crippen molar-refractivity contribution in [2.24, 2.45) is 0 Å². The number of benzene rings is 8. The molecule has 4 nitrogen and oxygen atoms in total. The van der Waals surface area contributed by atoms with Crippen LogP contribution in [0.1, 0.15) is 0 Å². The zero-order chi connectivity index (χ0) is 24.8. The topological polar surface area (TPSA) is 51.6 Å². The fourth-order valence-corrected chi connectivity index (χ4v) is 6.31. The Morgan fingerprint density at radius 2 is 0.605 bits per heavy atom. The quantitative estimate of drug-likeness (QED) is 0.232. The zero-order valence-electron chi connectivity index (χ0n) is 20.2. The van der Waals surface area contributed by atoms with E-state index in [0.717, 1.165) is 21.9 Å². The first-order valence-electron chi connectivity index (χ1n) is 12.7. The zero-order valence-corrected chi connectivity index (χ0v) is 20.2. The first-order chi connectivity index (χ1) is 18.8. The molecule has 0 fully saturated rings. The second-order valence-electron chi connectivity index (χ2n) is 9.99. The van der Waals surface area contributed by atoms with Crippen LogP contribution in [-0.2, 0) is 0 Å². The van der Waals surface area contributed by atoms with E-state index < -0.39 is 0 Å². The fourth-order valence-electron chi connectivity index (χ4n) is 6.31. The highest BCUT2D eigenvalue weighted by Gasteiger charge is 2.17. The van der Waals surface area contributed by atoms with E-state index in [9.17, 15) is 0 Å². The standard InChI is InChI=1S/C34H18N4/c1-3-19-7-9-23-13-17-27(25-15-11-21(5-1)29(19)31(23)25)33-35-37-34(38-36-33)28-18-14-24-10-8-20-4-2-6-22-12-16-26(28)32(24)30(20)22/h1-18H. The van der Waals surface area contributed by atoms with Gasteiger partial charge in [0.15, 0.2) is 0 Å². The van der Waals surface area contributed by atoms with Gasteiger partial charge in [0.2, 0.25) is 11.6 Å². The number of rotatable bonds is 2. The van der Waals surface area contributed by atoms with Crippen LogP contribution in [-0.4, -0.2) is 20.4 Å². The van der Waals surface area contributed by atoms with E-state index in [-0.39, 0.29) is 0 Å². The molecule has 0 unspecified atom stereocenters. The van der Waals surface area contributed by atoms with Crippen molar-refractivity contribution in [3.63, 3.8) is 0 Å². The van der Waals surface area contributed by atoms with Crippen LogP contribution >= 0.6 is 0 Å². The molecule has 174 valence electrons. The van der Waals surface area contributed by atoms with Crippen molar-refractivity contribution in [1.29, 1.82) is 0 Å². The summed E-state index contributed by atoms with van der Waals surface area (Å²) in [4.78, 5) is 0. The molecule has 4 heteroatoms. The number of hydrogen-bond donors (Lipinski definition) is 0. The molecule has 0 amide bonds. The Kier molecular flexibility index (Phi) is 3.76. The maximum Gasteiger partial charge on any atom is 0.204 e. The van der Waals surface area contributed by atoms with Crippen LogP contribution in [0.25, 0.3) is 87.4 Å². The minimum atomic E-state index is 0.532. The number of nitrogens with zero attached hydrogens (tertiary/aromatic N) is 4. The predicted octanol–water partition coefficient (Wildman–Crippen LogP) is 8.40. The highest BCUT2D eigenvalue weighted by molar-refractivity contribution is 6.26. The van der Waals surface area contributed by atoms with Crippen LogP contribution in [0.4, 0.5) is 0 Å². The third-order valence-electron chi connectivity index (χ3n) is 8.02. The molecule has 38 heavy (non-hydrogen) atoms. The molecule has 8 aromatic carbocycles. The Bertz CT molecular complexity index is 2140. The van der Waals surface area contributed by atoms with Crippen LogP contribution in [0, 0.1) is 0 Å². The Labute approximate surface area is 216 Å². The van der Waals surface area contributed by atoms with Gasteiger partial charge >= 0.3 is 0 Å². The molecule has 0 aliphatic carbocycles. The molecule has 0 spiro atoms. The summed E-state index contributed by atoms with van der Waals surface area (Å²) in [6, 6.07) is 38.7. The summed E-state index contributed by atoms with van der Waals surface area (Å²) < 4.78 is 0. The lowest BCUT2D eigenvalue weighted by Gasteiger charge is -2.14. The lowest BCUT2D eigenvalue weighted by atomic mass is 9.92. The van der Waals surface area contributed by atoms with Crippen molar-refractivity contribution >= 4 is 64.6 Å².